The van der Waals surface area contributed by atoms with Crippen molar-refractivity contribution in [3.05, 3.63) is 29.8 Å². The summed E-state index contributed by atoms with van der Waals surface area (Å²) >= 11 is 0. The van der Waals surface area contributed by atoms with Gasteiger partial charge in [0, 0.05) is 23.7 Å². The Hall–Kier alpha value is -1.10. The molecule has 0 spiro atoms. The molecule has 0 bridgehead atoms. The van der Waals surface area contributed by atoms with Crippen LogP contribution in [0, 0.1) is 0 Å². The van der Waals surface area contributed by atoms with Gasteiger partial charge in [0.25, 0.3) is 0 Å². The lowest BCUT2D eigenvalue weighted by molar-refractivity contribution is 0.0901. The summed E-state index contributed by atoms with van der Waals surface area (Å²) in [6, 6.07) is 8.54. The van der Waals surface area contributed by atoms with E-state index in [0.29, 0.717) is 25.1 Å². The van der Waals surface area contributed by atoms with Crippen LogP contribution in [0.4, 0.5) is 0 Å². The fraction of sp³-hybridized carbons (Fsp3) is 0.714. The maximum Gasteiger partial charge on any atom is 0.119 e. The predicted octanol–water partition coefficient (Wildman–Crippen LogP) is 3.45. The number of hydrogen-bond acceptors (Lipinski definition) is 4. The molecule has 1 aromatic rings. The first-order valence-corrected chi connectivity index (χ1v) is 9.50. The molecule has 3 N–H and O–H groups in total. The van der Waals surface area contributed by atoms with Gasteiger partial charge >= 0.3 is 0 Å². The van der Waals surface area contributed by atoms with Crippen LogP contribution < -0.4 is 15.4 Å². The molecule has 1 aliphatic heterocycles. The number of piperidine rings is 1. The summed E-state index contributed by atoms with van der Waals surface area (Å²) in [5, 5.41) is 17.4. The first-order chi connectivity index (χ1) is 11.6. The lowest BCUT2D eigenvalue weighted by atomic mass is 9.79. The van der Waals surface area contributed by atoms with Gasteiger partial charge in [-0.2, -0.15) is 0 Å². The Morgan fingerprint density at radius 1 is 1.12 bits per heavy atom. The zero-order valence-electron chi connectivity index (χ0n) is 16.7. The van der Waals surface area contributed by atoms with Gasteiger partial charge < -0.3 is 20.5 Å². The zero-order chi connectivity index (χ0) is 18.7. The minimum atomic E-state index is -0.508. The molecular weight excluding hydrogens is 312 g/mol. The van der Waals surface area contributed by atoms with Gasteiger partial charge in [0.2, 0.25) is 0 Å². The summed E-state index contributed by atoms with van der Waals surface area (Å²) in [4.78, 5) is 0. The van der Waals surface area contributed by atoms with E-state index in [2.05, 4.69) is 64.3 Å². The molecular formula is C21H36N2O2. The second-order valence-corrected chi connectivity index (χ2v) is 9.09. The van der Waals surface area contributed by atoms with Gasteiger partial charge in [0.1, 0.15) is 18.5 Å². The van der Waals surface area contributed by atoms with Crippen molar-refractivity contribution >= 4 is 0 Å². The van der Waals surface area contributed by atoms with Crippen LogP contribution in [0.3, 0.4) is 0 Å². The number of aliphatic hydroxyl groups excluding tert-OH is 1. The van der Waals surface area contributed by atoms with Crippen molar-refractivity contribution in [3.8, 4) is 5.75 Å². The Morgan fingerprint density at radius 3 is 2.20 bits per heavy atom. The molecule has 1 heterocycles. The van der Waals surface area contributed by atoms with Crippen molar-refractivity contribution in [2.45, 2.75) is 83.5 Å². The number of benzene rings is 1. The number of ether oxygens (including phenoxy) is 1. The summed E-state index contributed by atoms with van der Waals surface area (Å²) in [5.74, 6) is 1.33. The third-order valence-electron chi connectivity index (χ3n) is 4.82. The van der Waals surface area contributed by atoms with E-state index in [9.17, 15) is 5.11 Å². The Labute approximate surface area is 153 Å². The number of aliphatic hydroxyl groups is 1. The van der Waals surface area contributed by atoms with E-state index < -0.39 is 6.10 Å². The lowest BCUT2D eigenvalue weighted by Gasteiger charge is -2.47. The largest absolute Gasteiger partial charge is 0.491 e. The van der Waals surface area contributed by atoms with E-state index in [4.69, 9.17) is 4.74 Å². The lowest BCUT2D eigenvalue weighted by Crippen LogP contribution is -2.62. The molecule has 0 aliphatic carbocycles. The second kappa shape index (κ2) is 8.07. The van der Waals surface area contributed by atoms with Gasteiger partial charge in [-0.05, 0) is 64.2 Å². The SMILES string of the molecule is CC(C)c1ccc(OC[C@@H](O)CNC2CC(C)(C)NC(C)(C)C2)cc1. The molecule has 1 aliphatic rings. The summed E-state index contributed by atoms with van der Waals surface area (Å²) in [5.41, 5.74) is 1.52. The highest BCUT2D eigenvalue weighted by atomic mass is 16.5. The fourth-order valence-electron chi connectivity index (χ4n) is 3.97. The minimum Gasteiger partial charge on any atom is -0.491 e. The molecule has 1 saturated heterocycles. The molecule has 1 atom stereocenters. The van der Waals surface area contributed by atoms with E-state index in [1.165, 1.54) is 5.56 Å². The first-order valence-electron chi connectivity index (χ1n) is 9.50. The molecule has 4 nitrogen and oxygen atoms in total. The highest BCUT2D eigenvalue weighted by Crippen LogP contribution is 2.28. The Bertz CT molecular complexity index is 521. The van der Waals surface area contributed by atoms with Crippen LogP contribution in [0.2, 0.25) is 0 Å². The normalized spacial score (nSPS) is 21.3. The van der Waals surface area contributed by atoms with Crippen LogP contribution in [-0.2, 0) is 0 Å². The zero-order valence-corrected chi connectivity index (χ0v) is 16.7. The third kappa shape index (κ3) is 6.61. The van der Waals surface area contributed by atoms with Crippen LogP contribution in [0.1, 0.15) is 65.9 Å². The smallest absolute Gasteiger partial charge is 0.119 e. The van der Waals surface area contributed by atoms with E-state index in [-0.39, 0.29) is 11.1 Å². The molecule has 4 heteroatoms. The molecule has 0 unspecified atom stereocenters. The standard InChI is InChI=1S/C21H36N2O2/c1-15(2)16-7-9-19(10-8-16)25-14-18(24)13-22-17-11-20(3,4)23-21(5,6)12-17/h7-10,15,17-18,22-24H,11-14H2,1-6H3/t18-/m0/s1. The predicted molar refractivity (Wildman–Crippen MR) is 104 cm³/mol. The van der Waals surface area contributed by atoms with Gasteiger partial charge in [-0.3, -0.25) is 0 Å². The molecule has 0 amide bonds. The topological polar surface area (TPSA) is 53.5 Å². The monoisotopic (exact) mass is 348 g/mol. The van der Waals surface area contributed by atoms with Crippen molar-refractivity contribution in [2.24, 2.45) is 0 Å². The highest BCUT2D eigenvalue weighted by molar-refractivity contribution is 5.28. The summed E-state index contributed by atoms with van der Waals surface area (Å²) < 4.78 is 5.72. The van der Waals surface area contributed by atoms with Gasteiger partial charge in [-0.1, -0.05) is 26.0 Å². The average Bonchev–Trinajstić information content (AvgIpc) is 2.48. The third-order valence-corrected chi connectivity index (χ3v) is 4.82. The van der Waals surface area contributed by atoms with Crippen molar-refractivity contribution in [1.29, 1.82) is 0 Å². The quantitative estimate of drug-likeness (QED) is 0.706. The van der Waals surface area contributed by atoms with Crippen molar-refractivity contribution < 1.29 is 9.84 Å². The number of nitrogens with one attached hydrogen (secondary N) is 2. The van der Waals surface area contributed by atoms with E-state index in [1.54, 1.807) is 0 Å². The minimum absolute atomic E-state index is 0.110. The average molecular weight is 349 g/mol. The van der Waals surface area contributed by atoms with Crippen LogP contribution in [-0.4, -0.2) is 41.5 Å². The van der Waals surface area contributed by atoms with Crippen molar-refractivity contribution in [2.75, 3.05) is 13.2 Å². The van der Waals surface area contributed by atoms with Gasteiger partial charge in [-0.25, -0.2) is 0 Å². The number of hydrogen-bond donors (Lipinski definition) is 3. The molecule has 2 rings (SSSR count). The molecule has 0 saturated carbocycles. The summed E-state index contributed by atoms with van der Waals surface area (Å²) in [6.07, 6.45) is 1.60. The highest BCUT2D eigenvalue weighted by Gasteiger charge is 2.37. The Balaban J connectivity index is 1.76. The van der Waals surface area contributed by atoms with Crippen LogP contribution >= 0.6 is 0 Å². The fourth-order valence-corrected chi connectivity index (χ4v) is 3.97. The Morgan fingerprint density at radius 2 is 1.68 bits per heavy atom. The van der Waals surface area contributed by atoms with Gasteiger partial charge in [0.05, 0.1) is 0 Å². The van der Waals surface area contributed by atoms with Crippen LogP contribution in [0.25, 0.3) is 0 Å². The molecule has 0 aromatic heterocycles. The molecule has 0 radical (unpaired) electrons. The summed E-state index contributed by atoms with van der Waals surface area (Å²) in [6.45, 7) is 14.2. The van der Waals surface area contributed by atoms with E-state index in [0.717, 1.165) is 18.6 Å². The van der Waals surface area contributed by atoms with Gasteiger partial charge in [0.15, 0.2) is 0 Å². The summed E-state index contributed by atoms with van der Waals surface area (Å²) in [7, 11) is 0. The number of rotatable bonds is 7. The second-order valence-electron chi connectivity index (χ2n) is 9.09. The van der Waals surface area contributed by atoms with Crippen molar-refractivity contribution in [3.63, 3.8) is 0 Å². The van der Waals surface area contributed by atoms with Gasteiger partial charge in [-0.15, -0.1) is 0 Å². The molecule has 1 fully saturated rings. The van der Waals surface area contributed by atoms with E-state index >= 15 is 0 Å². The Kier molecular flexibility index (Phi) is 6.52. The van der Waals surface area contributed by atoms with Crippen LogP contribution in [0.15, 0.2) is 24.3 Å². The van der Waals surface area contributed by atoms with Crippen molar-refractivity contribution in [1.82, 2.24) is 10.6 Å². The molecule has 1 aromatic carbocycles. The van der Waals surface area contributed by atoms with E-state index in [1.807, 2.05) is 12.1 Å². The van der Waals surface area contributed by atoms with Crippen LogP contribution in [0.5, 0.6) is 5.75 Å². The first kappa shape index (κ1) is 20.2. The maximum atomic E-state index is 10.2. The molecule has 142 valence electrons. The molecule has 25 heavy (non-hydrogen) atoms. The maximum absolute atomic E-state index is 10.2.